The van der Waals surface area contributed by atoms with Crippen molar-refractivity contribution in [2.45, 2.75) is 19.4 Å². The third-order valence-corrected chi connectivity index (χ3v) is 3.82. The molecule has 2 rings (SSSR count). The van der Waals surface area contributed by atoms with Crippen LogP contribution in [-0.2, 0) is 4.79 Å². The van der Waals surface area contributed by atoms with Crippen LogP contribution in [0, 0.1) is 17.2 Å². The highest BCUT2D eigenvalue weighted by molar-refractivity contribution is 6.44. The monoisotopic (exact) mass is 268 g/mol. The number of anilines is 1. The van der Waals surface area contributed by atoms with Crippen LogP contribution in [-0.4, -0.2) is 11.9 Å². The number of hydrogen-bond acceptors (Lipinski definition) is 2. The summed E-state index contributed by atoms with van der Waals surface area (Å²) in [6.45, 7) is 1.84. The first-order valence-corrected chi connectivity index (χ1v) is 5.97. The van der Waals surface area contributed by atoms with Gasteiger partial charge in [-0.3, -0.25) is 4.79 Å². The van der Waals surface area contributed by atoms with E-state index in [1.807, 2.05) is 6.92 Å². The molecule has 2 atom stereocenters. The minimum atomic E-state index is -0.294. The van der Waals surface area contributed by atoms with Crippen molar-refractivity contribution in [1.82, 2.24) is 0 Å². The topological polar surface area (TPSA) is 44.1 Å². The fourth-order valence-electron chi connectivity index (χ4n) is 2.05. The molecule has 1 aliphatic rings. The molecule has 1 amide bonds. The summed E-state index contributed by atoms with van der Waals surface area (Å²) in [4.78, 5) is 13.4. The standard InChI is InChI=1S/C12H10Cl2N2O/c1-7-8(6-15)5-11(17)16(7)10-4-2-3-9(13)12(10)14/h2-4,7-8H,5H2,1H3. The van der Waals surface area contributed by atoms with Crippen LogP contribution < -0.4 is 4.90 Å². The first-order chi connectivity index (χ1) is 8.06. The number of nitriles is 1. The van der Waals surface area contributed by atoms with Crippen LogP contribution in [0.2, 0.25) is 10.0 Å². The van der Waals surface area contributed by atoms with Gasteiger partial charge in [0, 0.05) is 6.42 Å². The lowest BCUT2D eigenvalue weighted by Crippen LogP contribution is -2.32. The molecule has 0 aliphatic carbocycles. The Labute approximate surface area is 110 Å². The van der Waals surface area contributed by atoms with Crippen LogP contribution in [0.3, 0.4) is 0 Å². The van der Waals surface area contributed by atoms with Gasteiger partial charge in [-0.15, -0.1) is 0 Å². The molecule has 2 unspecified atom stereocenters. The van der Waals surface area contributed by atoms with E-state index in [-0.39, 0.29) is 24.3 Å². The van der Waals surface area contributed by atoms with E-state index in [9.17, 15) is 4.79 Å². The predicted octanol–water partition coefficient (Wildman–Crippen LogP) is 3.26. The van der Waals surface area contributed by atoms with Crippen molar-refractivity contribution in [2.24, 2.45) is 5.92 Å². The molecule has 5 heteroatoms. The Hall–Kier alpha value is -1.24. The van der Waals surface area contributed by atoms with Crippen LogP contribution in [0.25, 0.3) is 0 Å². The first kappa shape index (κ1) is 12.2. The fourth-order valence-corrected chi connectivity index (χ4v) is 2.44. The van der Waals surface area contributed by atoms with E-state index < -0.39 is 0 Å². The molecular weight excluding hydrogens is 259 g/mol. The fraction of sp³-hybridized carbons (Fsp3) is 0.333. The first-order valence-electron chi connectivity index (χ1n) is 5.22. The van der Waals surface area contributed by atoms with Crippen LogP contribution in [0.1, 0.15) is 13.3 Å². The van der Waals surface area contributed by atoms with E-state index in [0.717, 1.165) is 0 Å². The lowest BCUT2D eigenvalue weighted by molar-refractivity contribution is -0.117. The van der Waals surface area contributed by atoms with Crippen molar-refractivity contribution in [2.75, 3.05) is 4.90 Å². The average molecular weight is 269 g/mol. The maximum absolute atomic E-state index is 11.9. The molecule has 0 bridgehead atoms. The van der Waals surface area contributed by atoms with Crippen molar-refractivity contribution in [3.05, 3.63) is 28.2 Å². The SMILES string of the molecule is CC1C(C#N)CC(=O)N1c1cccc(Cl)c1Cl. The lowest BCUT2D eigenvalue weighted by Gasteiger charge is -2.24. The van der Waals surface area contributed by atoms with Crippen molar-refractivity contribution in [3.8, 4) is 6.07 Å². The van der Waals surface area contributed by atoms with Gasteiger partial charge in [-0.2, -0.15) is 5.26 Å². The summed E-state index contributed by atoms with van der Waals surface area (Å²) in [6, 6.07) is 7.11. The van der Waals surface area contributed by atoms with E-state index in [2.05, 4.69) is 6.07 Å². The molecular formula is C12H10Cl2N2O. The summed E-state index contributed by atoms with van der Waals surface area (Å²) >= 11 is 12.0. The third kappa shape index (κ3) is 1.99. The Balaban J connectivity index is 2.44. The molecule has 17 heavy (non-hydrogen) atoms. The Morgan fingerprint density at radius 1 is 1.47 bits per heavy atom. The Kier molecular flexibility index (Phi) is 3.28. The molecule has 0 spiro atoms. The van der Waals surface area contributed by atoms with Crippen molar-refractivity contribution in [1.29, 1.82) is 5.26 Å². The van der Waals surface area contributed by atoms with Gasteiger partial charge in [0.2, 0.25) is 5.91 Å². The molecule has 1 fully saturated rings. The minimum Gasteiger partial charge on any atom is -0.307 e. The maximum Gasteiger partial charge on any atom is 0.228 e. The summed E-state index contributed by atoms with van der Waals surface area (Å²) in [5.74, 6) is -0.384. The molecule has 1 heterocycles. The number of benzene rings is 1. The average Bonchev–Trinajstić information content (AvgIpc) is 2.58. The number of carbonyl (C=O) groups is 1. The highest BCUT2D eigenvalue weighted by atomic mass is 35.5. The molecule has 88 valence electrons. The number of amides is 1. The second-order valence-corrected chi connectivity index (χ2v) is 4.80. The van der Waals surface area contributed by atoms with Gasteiger partial charge >= 0.3 is 0 Å². The molecule has 1 aliphatic heterocycles. The minimum absolute atomic E-state index is 0.0896. The van der Waals surface area contributed by atoms with Gasteiger partial charge in [-0.05, 0) is 19.1 Å². The highest BCUT2D eigenvalue weighted by Gasteiger charge is 2.38. The van der Waals surface area contributed by atoms with E-state index in [1.165, 1.54) is 0 Å². The van der Waals surface area contributed by atoms with E-state index in [0.29, 0.717) is 15.7 Å². The molecule has 0 saturated carbocycles. The van der Waals surface area contributed by atoms with Crippen LogP contribution in [0.4, 0.5) is 5.69 Å². The van der Waals surface area contributed by atoms with Crippen LogP contribution in [0.5, 0.6) is 0 Å². The zero-order chi connectivity index (χ0) is 12.6. The molecule has 0 radical (unpaired) electrons. The number of carbonyl (C=O) groups excluding carboxylic acids is 1. The second-order valence-electron chi connectivity index (χ2n) is 4.02. The summed E-state index contributed by atoms with van der Waals surface area (Å²) in [5.41, 5.74) is 0.578. The van der Waals surface area contributed by atoms with Gasteiger partial charge < -0.3 is 4.90 Å². The zero-order valence-electron chi connectivity index (χ0n) is 9.15. The number of nitrogens with zero attached hydrogens (tertiary/aromatic N) is 2. The summed E-state index contributed by atoms with van der Waals surface area (Å²) in [5, 5.41) is 9.72. The lowest BCUT2D eigenvalue weighted by atomic mass is 10.0. The molecule has 1 aromatic rings. The number of halogens is 2. The van der Waals surface area contributed by atoms with Crippen molar-refractivity contribution < 1.29 is 4.79 Å². The van der Waals surface area contributed by atoms with Crippen molar-refractivity contribution >= 4 is 34.8 Å². The molecule has 1 saturated heterocycles. The van der Waals surface area contributed by atoms with E-state index >= 15 is 0 Å². The predicted molar refractivity (Wildman–Crippen MR) is 67.1 cm³/mol. The maximum atomic E-state index is 11.9. The molecule has 0 aromatic heterocycles. The Morgan fingerprint density at radius 3 is 2.76 bits per heavy atom. The quantitative estimate of drug-likeness (QED) is 0.785. The van der Waals surface area contributed by atoms with Crippen molar-refractivity contribution in [3.63, 3.8) is 0 Å². The molecule has 3 nitrogen and oxygen atoms in total. The summed E-state index contributed by atoms with van der Waals surface area (Å²) < 4.78 is 0. The largest absolute Gasteiger partial charge is 0.307 e. The number of hydrogen-bond donors (Lipinski definition) is 0. The summed E-state index contributed by atoms with van der Waals surface area (Å²) in [7, 11) is 0. The van der Waals surface area contributed by atoms with Gasteiger partial charge in [0.1, 0.15) is 0 Å². The smallest absolute Gasteiger partial charge is 0.228 e. The zero-order valence-corrected chi connectivity index (χ0v) is 10.7. The van der Waals surface area contributed by atoms with Gasteiger partial charge in [0.25, 0.3) is 0 Å². The van der Waals surface area contributed by atoms with Gasteiger partial charge in [-0.1, -0.05) is 29.3 Å². The van der Waals surface area contributed by atoms with Crippen LogP contribution >= 0.6 is 23.2 Å². The van der Waals surface area contributed by atoms with Gasteiger partial charge in [0.15, 0.2) is 0 Å². The van der Waals surface area contributed by atoms with Gasteiger partial charge in [0.05, 0.1) is 33.8 Å². The van der Waals surface area contributed by atoms with Gasteiger partial charge in [-0.25, -0.2) is 0 Å². The Morgan fingerprint density at radius 2 is 2.18 bits per heavy atom. The van der Waals surface area contributed by atoms with E-state index in [1.54, 1.807) is 23.1 Å². The van der Waals surface area contributed by atoms with E-state index in [4.69, 9.17) is 28.5 Å². The Bertz CT molecular complexity index is 510. The van der Waals surface area contributed by atoms with Crippen LogP contribution in [0.15, 0.2) is 18.2 Å². The molecule has 0 N–H and O–H groups in total. The highest BCUT2D eigenvalue weighted by Crippen LogP contribution is 2.38. The second kappa shape index (κ2) is 4.56. The summed E-state index contributed by atoms with van der Waals surface area (Å²) in [6.07, 6.45) is 0.237. The third-order valence-electron chi connectivity index (χ3n) is 3.01. The molecule has 1 aromatic carbocycles. The normalized spacial score (nSPS) is 23.9. The number of rotatable bonds is 1.